The van der Waals surface area contributed by atoms with Gasteiger partial charge in [0, 0.05) is 12.6 Å². The molecule has 88 valence electrons. The highest BCUT2D eigenvalue weighted by Crippen LogP contribution is 2.12. The number of ether oxygens (including phenoxy) is 1. The summed E-state index contributed by atoms with van der Waals surface area (Å²) in [5, 5.41) is 3.56. The van der Waals surface area contributed by atoms with Crippen LogP contribution in [0, 0.1) is 5.92 Å². The molecule has 3 unspecified atom stereocenters. The molecule has 15 heavy (non-hydrogen) atoms. The minimum Gasteiger partial charge on any atom is -0.497 e. The number of hydrogen-bond donors (Lipinski definition) is 1. The summed E-state index contributed by atoms with van der Waals surface area (Å²) >= 11 is 0. The molecular weight excluding hydrogens is 186 g/mol. The van der Waals surface area contributed by atoms with Crippen LogP contribution in [-0.4, -0.2) is 18.7 Å². The summed E-state index contributed by atoms with van der Waals surface area (Å²) in [7, 11) is 0. The van der Waals surface area contributed by atoms with Crippen molar-refractivity contribution in [2.75, 3.05) is 6.54 Å². The Bertz CT molecular complexity index is 191. The molecule has 0 aromatic rings. The zero-order chi connectivity index (χ0) is 11.1. The highest BCUT2D eigenvalue weighted by Gasteiger charge is 2.13. The average Bonchev–Trinajstić information content (AvgIpc) is 2.27. The summed E-state index contributed by atoms with van der Waals surface area (Å²) < 4.78 is 5.52. The molecule has 0 amide bonds. The smallest absolute Gasteiger partial charge is 0.110 e. The van der Waals surface area contributed by atoms with E-state index < -0.39 is 0 Å². The predicted molar refractivity (Wildman–Crippen MR) is 64.8 cm³/mol. The van der Waals surface area contributed by atoms with E-state index in [1.165, 1.54) is 12.8 Å². The molecule has 3 atom stereocenters. The van der Waals surface area contributed by atoms with E-state index in [0.29, 0.717) is 12.1 Å². The van der Waals surface area contributed by atoms with Crippen molar-refractivity contribution in [2.24, 2.45) is 5.92 Å². The molecule has 1 aliphatic heterocycles. The summed E-state index contributed by atoms with van der Waals surface area (Å²) in [4.78, 5) is 0. The van der Waals surface area contributed by atoms with E-state index >= 15 is 0 Å². The van der Waals surface area contributed by atoms with Gasteiger partial charge in [-0.25, -0.2) is 0 Å². The predicted octanol–water partition coefficient (Wildman–Crippen LogP) is 3.09. The maximum atomic E-state index is 5.52. The second kappa shape index (κ2) is 6.89. The van der Waals surface area contributed by atoms with E-state index in [2.05, 4.69) is 32.2 Å². The van der Waals surface area contributed by atoms with Crippen molar-refractivity contribution in [2.45, 2.75) is 58.6 Å². The Morgan fingerprint density at radius 1 is 1.47 bits per heavy atom. The van der Waals surface area contributed by atoms with E-state index in [1.54, 1.807) is 0 Å². The molecule has 0 fully saturated rings. The van der Waals surface area contributed by atoms with E-state index in [9.17, 15) is 0 Å². The normalized spacial score (nSPS) is 24.6. The first-order valence-electron chi connectivity index (χ1n) is 6.26. The Kier molecular flexibility index (Phi) is 5.77. The van der Waals surface area contributed by atoms with Gasteiger partial charge >= 0.3 is 0 Å². The van der Waals surface area contributed by atoms with Gasteiger partial charge in [0.2, 0.25) is 0 Å². The van der Waals surface area contributed by atoms with Gasteiger partial charge in [-0.15, -0.1) is 0 Å². The van der Waals surface area contributed by atoms with Gasteiger partial charge in [-0.2, -0.15) is 0 Å². The van der Waals surface area contributed by atoms with E-state index in [0.717, 1.165) is 25.3 Å². The van der Waals surface area contributed by atoms with Crippen LogP contribution in [0.3, 0.4) is 0 Å². The number of rotatable bonds is 6. The fourth-order valence-corrected chi connectivity index (χ4v) is 1.92. The second-order valence-electron chi connectivity index (χ2n) is 4.77. The largest absolute Gasteiger partial charge is 0.497 e. The van der Waals surface area contributed by atoms with Crippen LogP contribution < -0.4 is 5.32 Å². The van der Waals surface area contributed by atoms with Crippen LogP contribution >= 0.6 is 0 Å². The number of allylic oxidation sites excluding steroid dienone is 1. The molecule has 1 N–H and O–H groups in total. The highest BCUT2D eigenvalue weighted by molar-refractivity contribution is 4.83. The molecule has 0 spiro atoms. The van der Waals surface area contributed by atoms with E-state index in [-0.39, 0.29) is 0 Å². The first-order valence-corrected chi connectivity index (χ1v) is 6.26. The first kappa shape index (κ1) is 12.6. The van der Waals surface area contributed by atoms with Gasteiger partial charge in [-0.05, 0) is 38.2 Å². The molecule has 0 bridgehead atoms. The topological polar surface area (TPSA) is 21.3 Å². The van der Waals surface area contributed by atoms with Crippen LogP contribution in [0.5, 0.6) is 0 Å². The van der Waals surface area contributed by atoms with Gasteiger partial charge < -0.3 is 10.1 Å². The van der Waals surface area contributed by atoms with Crippen LogP contribution in [-0.2, 0) is 4.74 Å². The Labute approximate surface area is 94.1 Å². The van der Waals surface area contributed by atoms with Gasteiger partial charge in [0.1, 0.15) is 6.10 Å². The van der Waals surface area contributed by atoms with Crippen molar-refractivity contribution in [3.8, 4) is 0 Å². The minimum atomic E-state index is 0.384. The molecule has 2 heteroatoms. The molecule has 0 saturated carbocycles. The van der Waals surface area contributed by atoms with Gasteiger partial charge in [-0.3, -0.25) is 0 Å². The third kappa shape index (κ3) is 5.22. The lowest BCUT2D eigenvalue weighted by molar-refractivity contribution is 0.118. The monoisotopic (exact) mass is 211 g/mol. The van der Waals surface area contributed by atoms with Crippen molar-refractivity contribution in [3.63, 3.8) is 0 Å². The lowest BCUT2D eigenvalue weighted by Gasteiger charge is -2.23. The molecule has 0 aromatic carbocycles. The summed E-state index contributed by atoms with van der Waals surface area (Å²) in [6.45, 7) is 7.83. The minimum absolute atomic E-state index is 0.384. The van der Waals surface area contributed by atoms with E-state index in [4.69, 9.17) is 4.74 Å². The molecular formula is C13H25NO. The Balaban J connectivity index is 2.10. The summed E-state index contributed by atoms with van der Waals surface area (Å²) in [6, 6.07) is 0.606. The van der Waals surface area contributed by atoms with Crippen molar-refractivity contribution < 1.29 is 4.74 Å². The van der Waals surface area contributed by atoms with Crippen LogP contribution in [0.15, 0.2) is 12.3 Å². The average molecular weight is 211 g/mol. The lowest BCUT2D eigenvalue weighted by atomic mass is 10.0. The third-order valence-corrected chi connectivity index (χ3v) is 3.17. The van der Waals surface area contributed by atoms with E-state index in [1.807, 2.05) is 6.26 Å². The van der Waals surface area contributed by atoms with Crippen LogP contribution in [0.25, 0.3) is 0 Å². The van der Waals surface area contributed by atoms with Gasteiger partial charge in [0.15, 0.2) is 0 Å². The fraction of sp³-hybridized carbons (Fsp3) is 0.846. The standard InChI is InChI=1S/C13H25NO/c1-4-11(2)9-12(3)14-10-13-7-5-6-8-15-13/h6,8,11-14H,4-5,7,9-10H2,1-3H3. The van der Waals surface area contributed by atoms with Crippen LogP contribution in [0.1, 0.15) is 46.5 Å². The Morgan fingerprint density at radius 3 is 2.87 bits per heavy atom. The zero-order valence-electron chi connectivity index (χ0n) is 10.3. The first-order chi connectivity index (χ1) is 7.22. The molecule has 0 aromatic heterocycles. The summed E-state index contributed by atoms with van der Waals surface area (Å²) in [5.74, 6) is 0.819. The van der Waals surface area contributed by atoms with Crippen LogP contribution in [0.4, 0.5) is 0 Å². The SMILES string of the molecule is CCC(C)CC(C)NCC1CCC=CO1. The van der Waals surface area contributed by atoms with Crippen molar-refractivity contribution in [1.29, 1.82) is 0 Å². The summed E-state index contributed by atoms with van der Waals surface area (Å²) in [6.07, 6.45) is 9.17. The van der Waals surface area contributed by atoms with Crippen molar-refractivity contribution in [3.05, 3.63) is 12.3 Å². The van der Waals surface area contributed by atoms with Crippen LogP contribution in [0.2, 0.25) is 0 Å². The maximum absolute atomic E-state index is 5.52. The third-order valence-electron chi connectivity index (χ3n) is 3.17. The molecule has 0 aliphatic carbocycles. The van der Waals surface area contributed by atoms with Gasteiger partial charge in [0.05, 0.1) is 6.26 Å². The molecule has 0 radical (unpaired) electrons. The molecule has 2 nitrogen and oxygen atoms in total. The van der Waals surface area contributed by atoms with Gasteiger partial charge in [-0.1, -0.05) is 20.3 Å². The quantitative estimate of drug-likeness (QED) is 0.729. The highest BCUT2D eigenvalue weighted by atomic mass is 16.5. The van der Waals surface area contributed by atoms with Gasteiger partial charge in [0.25, 0.3) is 0 Å². The molecule has 1 rings (SSSR count). The number of nitrogens with one attached hydrogen (secondary N) is 1. The molecule has 1 aliphatic rings. The fourth-order valence-electron chi connectivity index (χ4n) is 1.92. The van der Waals surface area contributed by atoms with Crippen molar-refractivity contribution in [1.82, 2.24) is 5.32 Å². The Hall–Kier alpha value is -0.500. The van der Waals surface area contributed by atoms with Crippen molar-refractivity contribution >= 4 is 0 Å². The molecule has 1 heterocycles. The lowest BCUT2D eigenvalue weighted by Crippen LogP contribution is -2.35. The summed E-state index contributed by atoms with van der Waals surface area (Å²) in [5.41, 5.74) is 0. The second-order valence-corrected chi connectivity index (χ2v) is 4.77. The maximum Gasteiger partial charge on any atom is 0.110 e. The molecule has 0 saturated heterocycles. The zero-order valence-corrected chi connectivity index (χ0v) is 10.3. The number of hydrogen-bond acceptors (Lipinski definition) is 2. The Morgan fingerprint density at radius 2 is 2.27 bits per heavy atom.